The summed E-state index contributed by atoms with van der Waals surface area (Å²) in [5.74, 6) is -0.146. The second-order valence-electron chi connectivity index (χ2n) is 5.44. The van der Waals surface area contributed by atoms with E-state index in [1.165, 1.54) is 19.4 Å². The number of anilines is 1. The maximum absolute atomic E-state index is 13.9. The highest BCUT2D eigenvalue weighted by Gasteiger charge is 2.32. The van der Waals surface area contributed by atoms with E-state index >= 15 is 0 Å². The fourth-order valence-corrected chi connectivity index (χ4v) is 3.38. The number of nitrogens with zero attached hydrogens (tertiary/aromatic N) is 3. The van der Waals surface area contributed by atoms with Crippen molar-refractivity contribution < 1.29 is 4.39 Å². The zero-order valence-corrected chi connectivity index (χ0v) is 11.8. The summed E-state index contributed by atoms with van der Waals surface area (Å²) >= 11 is 5.79. The van der Waals surface area contributed by atoms with Gasteiger partial charge in [-0.25, -0.2) is 9.37 Å². The van der Waals surface area contributed by atoms with Crippen LogP contribution in [0.15, 0.2) is 0 Å². The van der Waals surface area contributed by atoms with Crippen molar-refractivity contribution in [1.82, 2.24) is 14.9 Å². The number of aryl methyl sites for hydroxylation is 1. The molecule has 0 aromatic carbocycles. The van der Waals surface area contributed by atoms with Gasteiger partial charge >= 0.3 is 0 Å². The molecule has 3 heterocycles. The summed E-state index contributed by atoms with van der Waals surface area (Å²) in [5, 5.41) is 3.30. The van der Waals surface area contributed by atoms with Crippen molar-refractivity contribution in [3.05, 3.63) is 16.8 Å². The first-order valence-corrected chi connectivity index (χ1v) is 7.21. The van der Waals surface area contributed by atoms with Gasteiger partial charge in [0.25, 0.3) is 0 Å². The fraction of sp³-hybridized carbons (Fsp3) is 0.692. The molecule has 0 saturated carbocycles. The van der Waals surface area contributed by atoms with Crippen molar-refractivity contribution >= 4 is 17.4 Å². The van der Waals surface area contributed by atoms with Crippen LogP contribution in [0.1, 0.15) is 31.4 Å². The molecular formula is C13H18ClFN4. The van der Waals surface area contributed by atoms with E-state index in [-0.39, 0.29) is 17.1 Å². The van der Waals surface area contributed by atoms with E-state index in [4.69, 9.17) is 11.6 Å². The third kappa shape index (κ3) is 2.67. The minimum absolute atomic E-state index is 0.0969. The largest absolute Gasteiger partial charge is 0.365 e. The van der Waals surface area contributed by atoms with Crippen LogP contribution in [0.25, 0.3) is 0 Å². The average molecular weight is 285 g/mol. The number of rotatable bonds is 2. The molecule has 0 aliphatic carbocycles. The number of hydrogen-bond acceptors (Lipinski definition) is 4. The lowest BCUT2D eigenvalue weighted by Crippen LogP contribution is -2.43. The molecule has 2 fully saturated rings. The van der Waals surface area contributed by atoms with E-state index in [1.807, 2.05) is 0 Å². The van der Waals surface area contributed by atoms with Crippen molar-refractivity contribution in [1.29, 1.82) is 0 Å². The molecular weight excluding hydrogens is 267 g/mol. The van der Waals surface area contributed by atoms with Gasteiger partial charge in [-0.1, -0.05) is 0 Å². The van der Waals surface area contributed by atoms with Crippen LogP contribution in [-0.2, 0) is 0 Å². The highest BCUT2D eigenvalue weighted by Crippen LogP contribution is 2.29. The number of hydrogen-bond donors (Lipinski definition) is 1. The number of halogens is 2. The Kier molecular flexibility index (Phi) is 3.58. The van der Waals surface area contributed by atoms with Crippen LogP contribution in [0.4, 0.5) is 10.2 Å². The molecule has 2 saturated heterocycles. The minimum atomic E-state index is -0.391. The van der Waals surface area contributed by atoms with Crippen molar-refractivity contribution in [2.45, 2.75) is 44.7 Å². The van der Waals surface area contributed by atoms with Gasteiger partial charge in [-0.2, -0.15) is 4.98 Å². The number of fused-ring (bicyclic) bond motifs is 1. The number of nitrogens with one attached hydrogen (secondary N) is 1. The van der Waals surface area contributed by atoms with Gasteiger partial charge in [0, 0.05) is 18.6 Å². The van der Waals surface area contributed by atoms with Gasteiger partial charge in [-0.05, 0) is 50.8 Å². The van der Waals surface area contributed by atoms with Crippen LogP contribution < -0.4 is 5.32 Å². The van der Waals surface area contributed by atoms with Gasteiger partial charge in [0.15, 0.2) is 11.6 Å². The first-order valence-electron chi connectivity index (χ1n) is 6.83. The molecule has 0 radical (unpaired) electrons. The smallest absolute Gasteiger partial charge is 0.224 e. The Bertz CT molecular complexity index is 482. The third-order valence-electron chi connectivity index (χ3n) is 4.15. The molecule has 1 aromatic heterocycles. The predicted octanol–water partition coefficient (Wildman–Crippen LogP) is 2.62. The molecule has 0 spiro atoms. The molecule has 2 aliphatic heterocycles. The van der Waals surface area contributed by atoms with Gasteiger partial charge < -0.3 is 10.2 Å². The standard InChI is InChI=1S/C13H18ClFN4/c1-8-11(15)12(18-13(14)16-8)17-9-4-6-19-5-2-3-10(19)7-9/h9-10H,2-7H2,1H3,(H,16,17,18). The number of aromatic nitrogens is 2. The highest BCUT2D eigenvalue weighted by atomic mass is 35.5. The second kappa shape index (κ2) is 5.21. The van der Waals surface area contributed by atoms with Crippen molar-refractivity contribution in [2.24, 2.45) is 0 Å². The van der Waals surface area contributed by atoms with E-state index in [2.05, 4.69) is 20.2 Å². The summed E-state index contributed by atoms with van der Waals surface area (Å²) in [6, 6.07) is 0.923. The topological polar surface area (TPSA) is 41.1 Å². The quantitative estimate of drug-likeness (QED) is 0.848. The first kappa shape index (κ1) is 13.1. The average Bonchev–Trinajstić information content (AvgIpc) is 2.82. The monoisotopic (exact) mass is 284 g/mol. The Morgan fingerprint density at radius 3 is 3.00 bits per heavy atom. The summed E-state index contributed by atoms with van der Waals surface area (Å²) in [6.45, 7) is 3.90. The zero-order chi connectivity index (χ0) is 13.4. The lowest BCUT2D eigenvalue weighted by Gasteiger charge is -2.35. The van der Waals surface area contributed by atoms with E-state index < -0.39 is 5.82 Å². The summed E-state index contributed by atoms with van der Waals surface area (Å²) < 4.78 is 13.9. The normalized spacial score (nSPS) is 27.3. The van der Waals surface area contributed by atoms with E-state index in [1.54, 1.807) is 6.92 Å². The summed E-state index contributed by atoms with van der Waals surface area (Å²) in [4.78, 5) is 10.3. The molecule has 0 amide bonds. The minimum Gasteiger partial charge on any atom is -0.365 e. The van der Waals surface area contributed by atoms with E-state index in [9.17, 15) is 4.39 Å². The van der Waals surface area contributed by atoms with Crippen LogP contribution in [0.3, 0.4) is 0 Å². The maximum atomic E-state index is 13.9. The van der Waals surface area contributed by atoms with Crippen molar-refractivity contribution in [3.63, 3.8) is 0 Å². The third-order valence-corrected chi connectivity index (χ3v) is 4.32. The van der Waals surface area contributed by atoms with Crippen molar-refractivity contribution in [3.8, 4) is 0 Å². The van der Waals surface area contributed by atoms with Crippen LogP contribution >= 0.6 is 11.6 Å². The molecule has 4 nitrogen and oxygen atoms in total. The Labute approximate surface area is 117 Å². The van der Waals surface area contributed by atoms with Crippen LogP contribution in [0.2, 0.25) is 5.28 Å². The lowest BCUT2D eigenvalue weighted by atomic mass is 9.97. The fourth-order valence-electron chi connectivity index (χ4n) is 3.17. The molecule has 2 atom stereocenters. The Hall–Kier alpha value is -0.940. The summed E-state index contributed by atoms with van der Waals surface area (Å²) in [6.07, 6.45) is 4.62. The Balaban J connectivity index is 1.71. The Morgan fingerprint density at radius 1 is 1.32 bits per heavy atom. The van der Waals surface area contributed by atoms with Gasteiger partial charge in [0.2, 0.25) is 5.28 Å². The van der Waals surface area contributed by atoms with Crippen LogP contribution in [0, 0.1) is 12.7 Å². The van der Waals surface area contributed by atoms with Crippen LogP contribution in [0.5, 0.6) is 0 Å². The molecule has 1 N–H and O–H groups in total. The lowest BCUT2D eigenvalue weighted by molar-refractivity contribution is 0.187. The molecule has 19 heavy (non-hydrogen) atoms. The SMILES string of the molecule is Cc1nc(Cl)nc(NC2CCN3CCCC3C2)c1F. The highest BCUT2D eigenvalue weighted by molar-refractivity contribution is 6.28. The van der Waals surface area contributed by atoms with Gasteiger partial charge in [0.05, 0.1) is 5.69 Å². The summed E-state index contributed by atoms with van der Waals surface area (Å²) in [5.41, 5.74) is 0.292. The predicted molar refractivity (Wildman–Crippen MR) is 73.0 cm³/mol. The number of piperidine rings is 1. The zero-order valence-electron chi connectivity index (χ0n) is 11.0. The van der Waals surface area contributed by atoms with Gasteiger partial charge in [-0.3, -0.25) is 0 Å². The molecule has 6 heteroatoms. The van der Waals surface area contributed by atoms with E-state index in [0.29, 0.717) is 11.7 Å². The maximum Gasteiger partial charge on any atom is 0.224 e. The molecule has 104 valence electrons. The van der Waals surface area contributed by atoms with Crippen LogP contribution in [-0.4, -0.2) is 40.0 Å². The van der Waals surface area contributed by atoms with E-state index in [0.717, 1.165) is 19.4 Å². The molecule has 2 aliphatic rings. The van der Waals surface area contributed by atoms with Crippen molar-refractivity contribution in [2.75, 3.05) is 18.4 Å². The molecule has 0 bridgehead atoms. The van der Waals surface area contributed by atoms with Gasteiger partial charge in [-0.15, -0.1) is 0 Å². The first-order chi connectivity index (χ1) is 9.13. The summed E-state index contributed by atoms with van der Waals surface area (Å²) in [7, 11) is 0. The second-order valence-corrected chi connectivity index (χ2v) is 5.78. The molecule has 1 aromatic rings. The Morgan fingerprint density at radius 2 is 2.16 bits per heavy atom. The molecule has 3 rings (SSSR count). The molecule has 2 unspecified atom stereocenters. The van der Waals surface area contributed by atoms with Gasteiger partial charge in [0.1, 0.15) is 0 Å².